The van der Waals surface area contributed by atoms with Gasteiger partial charge in [0.2, 0.25) is 0 Å². The summed E-state index contributed by atoms with van der Waals surface area (Å²) < 4.78 is 37.8. The Labute approximate surface area is 118 Å². The lowest BCUT2D eigenvalue weighted by Crippen LogP contribution is -2.53. The van der Waals surface area contributed by atoms with Crippen LogP contribution in [0.4, 0.5) is 13.2 Å². The highest BCUT2D eigenvalue weighted by atomic mass is 19.4. The molecule has 0 amide bonds. The molecule has 3 atom stereocenters. The fraction of sp³-hybridized carbons (Fsp3) is 1.00. The van der Waals surface area contributed by atoms with Crippen molar-refractivity contribution >= 4 is 0 Å². The van der Waals surface area contributed by atoms with Gasteiger partial charge in [-0.2, -0.15) is 13.2 Å². The molecule has 0 radical (unpaired) electrons. The van der Waals surface area contributed by atoms with Crippen molar-refractivity contribution in [1.29, 1.82) is 0 Å². The number of halogens is 3. The number of rotatable bonds is 6. The van der Waals surface area contributed by atoms with Gasteiger partial charge in [0.15, 0.2) is 0 Å². The summed E-state index contributed by atoms with van der Waals surface area (Å²) >= 11 is 0. The van der Waals surface area contributed by atoms with Crippen molar-refractivity contribution in [3.05, 3.63) is 0 Å². The Morgan fingerprint density at radius 3 is 2.15 bits per heavy atom. The summed E-state index contributed by atoms with van der Waals surface area (Å²) in [4.78, 5) is 1.17. The van der Waals surface area contributed by atoms with E-state index in [1.54, 1.807) is 6.92 Å². The molecule has 2 N–H and O–H groups in total. The first kappa shape index (κ1) is 17.7. The third-order valence-corrected chi connectivity index (χ3v) is 4.23. The third kappa shape index (κ3) is 5.22. The number of alkyl halides is 3. The van der Waals surface area contributed by atoms with Gasteiger partial charge in [-0.25, -0.2) is 0 Å². The summed E-state index contributed by atoms with van der Waals surface area (Å²) in [5.74, 6) is 0.0206. The molecule has 0 bridgehead atoms. The predicted octanol–water partition coefficient (Wildman–Crippen LogP) is 2.56. The van der Waals surface area contributed by atoms with Gasteiger partial charge in [0, 0.05) is 6.04 Å². The predicted molar refractivity (Wildman–Crippen MR) is 71.4 cm³/mol. The van der Waals surface area contributed by atoms with Gasteiger partial charge in [0.05, 0.1) is 18.8 Å². The van der Waals surface area contributed by atoms with E-state index in [0.29, 0.717) is 6.42 Å². The van der Waals surface area contributed by atoms with Crippen molar-refractivity contribution in [2.75, 3.05) is 13.6 Å². The van der Waals surface area contributed by atoms with Crippen LogP contribution in [0.5, 0.6) is 0 Å². The Morgan fingerprint density at radius 2 is 1.70 bits per heavy atom. The largest absolute Gasteiger partial charge is 0.401 e. The number of aliphatic hydroxyl groups excluding tert-OH is 2. The highest BCUT2D eigenvalue weighted by Crippen LogP contribution is 2.32. The standard InChI is InChI=1S/C14H26F3NO2/c1-3-11(19)13(20)12(10-7-5-4-6-8-10)18(2)9-14(15,16)17/h10-13,19-20H,3-9H2,1-2H3. The summed E-state index contributed by atoms with van der Waals surface area (Å²) in [5.41, 5.74) is 0. The van der Waals surface area contributed by atoms with Crippen LogP contribution in [0.25, 0.3) is 0 Å². The molecule has 1 aliphatic carbocycles. The topological polar surface area (TPSA) is 43.7 Å². The van der Waals surface area contributed by atoms with Gasteiger partial charge in [0.1, 0.15) is 0 Å². The SMILES string of the molecule is CCC(O)C(O)C(C1CCCCC1)N(C)CC(F)(F)F. The first-order chi connectivity index (χ1) is 9.26. The maximum Gasteiger partial charge on any atom is 0.401 e. The van der Waals surface area contributed by atoms with E-state index >= 15 is 0 Å². The molecular weight excluding hydrogens is 271 g/mol. The summed E-state index contributed by atoms with van der Waals surface area (Å²) in [6, 6.07) is -0.633. The number of hydrogen-bond donors (Lipinski definition) is 2. The average molecular weight is 297 g/mol. The van der Waals surface area contributed by atoms with Crippen molar-refractivity contribution in [2.45, 2.75) is 69.9 Å². The first-order valence-corrected chi connectivity index (χ1v) is 7.39. The Balaban J connectivity index is 2.82. The molecule has 0 saturated heterocycles. The zero-order chi connectivity index (χ0) is 15.3. The molecular formula is C14H26F3NO2. The zero-order valence-corrected chi connectivity index (χ0v) is 12.2. The maximum absolute atomic E-state index is 12.6. The Bertz CT molecular complexity index is 278. The minimum absolute atomic E-state index is 0.0206. The Morgan fingerprint density at radius 1 is 1.15 bits per heavy atom. The van der Waals surface area contributed by atoms with Crippen molar-refractivity contribution in [1.82, 2.24) is 4.90 Å². The highest BCUT2D eigenvalue weighted by Gasteiger charge is 2.40. The van der Waals surface area contributed by atoms with E-state index in [1.165, 1.54) is 11.9 Å². The zero-order valence-electron chi connectivity index (χ0n) is 12.2. The van der Waals surface area contributed by atoms with Gasteiger partial charge < -0.3 is 10.2 Å². The molecule has 0 aliphatic heterocycles. The molecule has 6 heteroatoms. The van der Waals surface area contributed by atoms with Crippen molar-refractivity contribution in [3.63, 3.8) is 0 Å². The second kappa shape index (κ2) is 7.61. The summed E-state index contributed by atoms with van der Waals surface area (Å²) in [6.45, 7) is 0.664. The maximum atomic E-state index is 12.6. The first-order valence-electron chi connectivity index (χ1n) is 7.39. The summed E-state index contributed by atoms with van der Waals surface area (Å²) in [7, 11) is 1.39. The van der Waals surface area contributed by atoms with Gasteiger partial charge in [-0.1, -0.05) is 26.2 Å². The lowest BCUT2D eigenvalue weighted by atomic mass is 9.79. The molecule has 1 aliphatic rings. The lowest BCUT2D eigenvalue weighted by Gasteiger charge is -2.41. The average Bonchev–Trinajstić information content (AvgIpc) is 2.37. The minimum Gasteiger partial charge on any atom is -0.390 e. The van der Waals surface area contributed by atoms with Crippen LogP contribution in [0, 0.1) is 5.92 Å². The van der Waals surface area contributed by atoms with E-state index in [1.807, 2.05) is 0 Å². The second-order valence-electron chi connectivity index (χ2n) is 5.89. The number of aliphatic hydroxyl groups is 2. The fourth-order valence-electron chi connectivity index (χ4n) is 3.23. The molecule has 0 aromatic rings. The van der Waals surface area contributed by atoms with Crippen LogP contribution < -0.4 is 0 Å². The van der Waals surface area contributed by atoms with Crippen molar-refractivity contribution in [2.24, 2.45) is 5.92 Å². The molecule has 3 unspecified atom stereocenters. The molecule has 20 heavy (non-hydrogen) atoms. The van der Waals surface area contributed by atoms with E-state index in [-0.39, 0.29) is 5.92 Å². The summed E-state index contributed by atoms with van der Waals surface area (Å²) in [6.07, 6.45) is -1.36. The monoisotopic (exact) mass is 297 g/mol. The Kier molecular flexibility index (Phi) is 6.75. The highest BCUT2D eigenvalue weighted by molar-refractivity contribution is 4.89. The molecule has 0 aromatic carbocycles. The van der Waals surface area contributed by atoms with Crippen LogP contribution in [0.1, 0.15) is 45.4 Å². The van der Waals surface area contributed by atoms with Crippen LogP contribution in [0.3, 0.4) is 0 Å². The smallest absolute Gasteiger partial charge is 0.390 e. The Hall–Kier alpha value is -0.330. The van der Waals surface area contributed by atoms with Gasteiger partial charge in [-0.05, 0) is 32.2 Å². The van der Waals surface area contributed by atoms with E-state index in [2.05, 4.69) is 0 Å². The quantitative estimate of drug-likeness (QED) is 0.792. The van der Waals surface area contributed by atoms with Crippen LogP contribution in [-0.4, -0.2) is 53.1 Å². The molecule has 120 valence electrons. The molecule has 1 saturated carbocycles. The molecule has 1 fully saturated rings. The van der Waals surface area contributed by atoms with Gasteiger partial charge in [0.25, 0.3) is 0 Å². The second-order valence-corrected chi connectivity index (χ2v) is 5.89. The van der Waals surface area contributed by atoms with Crippen molar-refractivity contribution < 1.29 is 23.4 Å². The van der Waals surface area contributed by atoms with Gasteiger partial charge >= 0.3 is 6.18 Å². The number of nitrogens with zero attached hydrogens (tertiary/aromatic N) is 1. The normalized spacial score (nSPS) is 22.8. The molecule has 3 nitrogen and oxygen atoms in total. The third-order valence-electron chi connectivity index (χ3n) is 4.23. The lowest BCUT2D eigenvalue weighted by molar-refractivity contribution is -0.160. The van der Waals surface area contributed by atoms with E-state index in [9.17, 15) is 23.4 Å². The molecule has 0 heterocycles. The van der Waals surface area contributed by atoms with E-state index in [0.717, 1.165) is 32.1 Å². The molecule has 0 aromatic heterocycles. The number of hydrogen-bond acceptors (Lipinski definition) is 3. The summed E-state index contributed by atoms with van der Waals surface area (Å²) in [5, 5.41) is 20.1. The van der Waals surface area contributed by atoms with Crippen LogP contribution in [-0.2, 0) is 0 Å². The van der Waals surface area contributed by atoms with Crippen LogP contribution in [0.15, 0.2) is 0 Å². The van der Waals surface area contributed by atoms with Gasteiger partial charge in [-0.15, -0.1) is 0 Å². The van der Waals surface area contributed by atoms with Crippen LogP contribution in [0.2, 0.25) is 0 Å². The van der Waals surface area contributed by atoms with Crippen molar-refractivity contribution in [3.8, 4) is 0 Å². The number of likely N-dealkylation sites (N-methyl/N-ethyl adjacent to an activating group) is 1. The van der Waals surface area contributed by atoms with E-state index in [4.69, 9.17) is 0 Å². The minimum atomic E-state index is -4.29. The molecule has 0 spiro atoms. The molecule has 1 rings (SSSR count). The van der Waals surface area contributed by atoms with Gasteiger partial charge in [-0.3, -0.25) is 4.90 Å². The van der Waals surface area contributed by atoms with E-state index < -0.39 is 31.0 Å². The van der Waals surface area contributed by atoms with Crippen LogP contribution >= 0.6 is 0 Å². The fourth-order valence-corrected chi connectivity index (χ4v) is 3.23.